The van der Waals surface area contributed by atoms with Crippen molar-refractivity contribution in [3.8, 4) is 5.75 Å². The number of urea groups is 1. The second kappa shape index (κ2) is 6.08. The highest BCUT2D eigenvalue weighted by molar-refractivity contribution is 7.80. The van der Waals surface area contributed by atoms with E-state index in [0.717, 1.165) is 0 Å². The van der Waals surface area contributed by atoms with E-state index in [-0.39, 0.29) is 11.0 Å². The van der Waals surface area contributed by atoms with Gasteiger partial charge >= 0.3 is 6.03 Å². The molecule has 1 heterocycles. The number of hydrogen-bond acceptors (Lipinski definition) is 3. The summed E-state index contributed by atoms with van der Waals surface area (Å²) in [5.74, 6) is 0.629. The number of carbonyl (C=O) groups excluding carboxylic acids is 1. The molecule has 1 aromatic carbocycles. The number of thiocarbonyl (C=S) groups is 1. The Hall–Kier alpha value is -1.53. The molecule has 2 rings (SSSR count). The van der Waals surface area contributed by atoms with Crippen molar-refractivity contribution in [1.82, 2.24) is 10.2 Å². The van der Waals surface area contributed by atoms with Crippen LogP contribution >= 0.6 is 23.8 Å². The first-order valence-electron chi connectivity index (χ1n) is 5.83. The van der Waals surface area contributed by atoms with Gasteiger partial charge in [0.1, 0.15) is 17.3 Å². The fourth-order valence-corrected chi connectivity index (χ4v) is 2.29. The summed E-state index contributed by atoms with van der Waals surface area (Å²) in [5, 5.41) is 3.19. The second-order valence-corrected chi connectivity index (χ2v) is 4.92. The molecule has 0 aliphatic carbocycles. The predicted molar refractivity (Wildman–Crippen MR) is 77.8 cm³/mol. The Labute approximate surface area is 121 Å². The van der Waals surface area contributed by atoms with Gasteiger partial charge in [-0.3, -0.25) is 0 Å². The minimum Gasteiger partial charge on any atom is -0.492 e. The van der Waals surface area contributed by atoms with E-state index in [1.165, 1.54) is 0 Å². The Balaban J connectivity index is 1.88. The molecule has 0 bridgehead atoms. The van der Waals surface area contributed by atoms with Gasteiger partial charge in [-0.05, 0) is 18.2 Å². The maximum Gasteiger partial charge on any atom is 0.317 e. The van der Waals surface area contributed by atoms with E-state index in [1.807, 2.05) is 0 Å². The van der Waals surface area contributed by atoms with E-state index in [9.17, 15) is 4.79 Å². The summed E-state index contributed by atoms with van der Waals surface area (Å²) in [6.45, 7) is 2.35. The van der Waals surface area contributed by atoms with Crippen LogP contribution in [-0.4, -0.2) is 42.2 Å². The zero-order valence-electron chi connectivity index (χ0n) is 10.2. The first-order valence-corrected chi connectivity index (χ1v) is 6.61. The standard InChI is InChI=1S/C12H14ClN3O2S/c13-10-7-8(1-2-9(10)11(14)19)18-6-5-16-4-3-15-12(16)17/h1-2,7H,3-6H2,(H2,14,19)(H,15,17). The number of nitrogens with two attached hydrogens (primary N) is 1. The maximum atomic E-state index is 11.3. The molecule has 0 radical (unpaired) electrons. The zero-order valence-corrected chi connectivity index (χ0v) is 11.8. The molecule has 0 aromatic heterocycles. The summed E-state index contributed by atoms with van der Waals surface area (Å²) >= 11 is 10.9. The largest absolute Gasteiger partial charge is 0.492 e. The lowest BCUT2D eigenvalue weighted by molar-refractivity contribution is 0.202. The van der Waals surface area contributed by atoms with Gasteiger partial charge in [-0.25, -0.2) is 4.79 Å². The van der Waals surface area contributed by atoms with Crippen molar-refractivity contribution in [1.29, 1.82) is 0 Å². The Morgan fingerprint density at radius 2 is 2.37 bits per heavy atom. The van der Waals surface area contributed by atoms with Crippen molar-refractivity contribution in [2.45, 2.75) is 0 Å². The molecule has 102 valence electrons. The molecular weight excluding hydrogens is 286 g/mol. The molecule has 1 aliphatic rings. The average molecular weight is 300 g/mol. The fourth-order valence-electron chi connectivity index (χ4n) is 1.78. The lowest BCUT2D eigenvalue weighted by Gasteiger charge is -2.14. The van der Waals surface area contributed by atoms with Gasteiger partial charge in [-0.2, -0.15) is 0 Å². The topological polar surface area (TPSA) is 67.6 Å². The molecule has 1 fully saturated rings. The monoisotopic (exact) mass is 299 g/mol. The SMILES string of the molecule is NC(=S)c1ccc(OCCN2CCNC2=O)cc1Cl. The summed E-state index contributed by atoms with van der Waals surface area (Å²) < 4.78 is 5.54. The minimum atomic E-state index is -0.0505. The molecule has 7 heteroatoms. The van der Waals surface area contributed by atoms with Crippen LogP contribution in [0.4, 0.5) is 4.79 Å². The van der Waals surface area contributed by atoms with Crippen molar-refractivity contribution >= 4 is 34.8 Å². The summed E-state index contributed by atoms with van der Waals surface area (Å²) in [7, 11) is 0. The van der Waals surface area contributed by atoms with Gasteiger partial charge < -0.3 is 20.7 Å². The van der Waals surface area contributed by atoms with Gasteiger partial charge in [0, 0.05) is 18.7 Å². The molecule has 0 spiro atoms. The third-order valence-corrected chi connectivity index (χ3v) is 3.31. The third kappa shape index (κ3) is 3.48. The summed E-state index contributed by atoms with van der Waals surface area (Å²) in [6, 6.07) is 5.10. The average Bonchev–Trinajstić information content (AvgIpc) is 2.75. The fraction of sp³-hybridized carbons (Fsp3) is 0.333. The molecular formula is C12H14ClN3O2S. The maximum absolute atomic E-state index is 11.3. The molecule has 1 aromatic rings. The third-order valence-electron chi connectivity index (χ3n) is 2.78. The first-order chi connectivity index (χ1) is 9.08. The quantitative estimate of drug-likeness (QED) is 0.806. The van der Waals surface area contributed by atoms with E-state index in [2.05, 4.69) is 5.32 Å². The highest BCUT2D eigenvalue weighted by atomic mass is 35.5. The molecule has 5 nitrogen and oxygen atoms in total. The molecule has 19 heavy (non-hydrogen) atoms. The van der Waals surface area contributed by atoms with Crippen molar-refractivity contribution in [3.63, 3.8) is 0 Å². The van der Waals surface area contributed by atoms with Crippen molar-refractivity contribution in [2.75, 3.05) is 26.2 Å². The second-order valence-electron chi connectivity index (χ2n) is 4.07. The highest BCUT2D eigenvalue weighted by Crippen LogP contribution is 2.22. The predicted octanol–water partition coefficient (Wildman–Crippen LogP) is 1.38. The molecule has 0 saturated carbocycles. The normalized spacial score (nSPS) is 14.4. The zero-order chi connectivity index (χ0) is 13.8. The van der Waals surface area contributed by atoms with E-state index < -0.39 is 0 Å². The van der Waals surface area contributed by atoms with Gasteiger partial charge in [0.2, 0.25) is 0 Å². The molecule has 0 unspecified atom stereocenters. The Morgan fingerprint density at radius 1 is 1.58 bits per heavy atom. The highest BCUT2D eigenvalue weighted by Gasteiger charge is 2.18. The van der Waals surface area contributed by atoms with Gasteiger partial charge in [0.25, 0.3) is 0 Å². The number of halogens is 1. The van der Waals surface area contributed by atoms with Crippen molar-refractivity contribution in [2.24, 2.45) is 5.73 Å². The Kier molecular flexibility index (Phi) is 4.44. The first kappa shape index (κ1) is 13.9. The van der Waals surface area contributed by atoms with Crippen molar-refractivity contribution < 1.29 is 9.53 Å². The Morgan fingerprint density at radius 3 is 2.95 bits per heavy atom. The Bertz CT molecular complexity index is 510. The molecule has 2 amide bonds. The van der Waals surface area contributed by atoms with Crippen molar-refractivity contribution in [3.05, 3.63) is 28.8 Å². The number of rotatable bonds is 5. The molecule has 1 saturated heterocycles. The molecule has 3 N–H and O–H groups in total. The van der Waals surface area contributed by atoms with Gasteiger partial charge in [0.15, 0.2) is 0 Å². The van der Waals surface area contributed by atoms with E-state index in [4.69, 9.17) is 34.3 Å². The number of amides is 2. The number of carbonyl (C=O) groups is 1. The summed E-state index contributed by atoms with van der Waals surface area (Å²) in [4.78, 5) is 13.3. The van der Waals surface area contributed by atoms with Gasteiger partial charge in [-0.15, -0.1) is 0 Å². The van der Waals surface area contributed by atoms with Crippen LogP contribution in [0.25, 0.3) is 0 Å². The van der Waals surface area contributed by atoms with E-state index in [1.54, 1.807) is 23.1 Å². The number of ether oxygens (including phenoxy) is 1. The number of nitrogens with zero attached hydrogens (tertiary/aromatic N) is 1. The van der Waals surface area contributed by atoms with Crippen LogP contribution in [0.2, 0.25) is 5.02 Å². The van der Waals surface area contributed by atoms with Crippen LogP contribution in [0.5, 0.6) is 5.75 Å². The van der Waals surface area contributed by atoms with Gasteiger partial charge in [-0.1, -0.05) is 23.8 Å². The summed E-state index contributed by atoms with van der Waals surface area (Å²) in [5.41, 5.74) is 6.15. The number of hydrogen-bond donors (Lipinski definition) is 2. The van der Waals surface area contributed by atoms with Gasteiger partial charge in [0.05, 0.1) is 11.6 Å². The van der Waals surface area contributed by atoms with E-state index in [0.29, 0.717) is 42.6 Å². The van der Waals surface area contributed by atoms with Crippen LogP contribution in [0, 0.1) is 0 Å². The molecule has 0 atom stereocenters. The van der Waals surface area contributed by atoms with Crippen LogP contribution in [0.1, 0.15) is 5.56 Å². The van der Waals surface area contributed by atoms with Crippen LogP contribution in [-0.2, 0) is 0 Å². The van der Waals surface area contributed by atoms with Crippen LogP contribution < -0.4 is 15.8 Å². The lowest BCUT2D eigenvalue weighted by Crippen LogP contribution is -2.31. The minimum absolute atomic E-state index is 0.0505. The number of benzene rings is 1. The smallest absolute Gasteiger partial charge is 0.317 e. The van der Waals surface area contributed by atoms with Crippen LogP contribution in [0.3, 0.4) is 0 Å². The van der Waals surface area contributed by atoms with E-state index >= 15 is 0 Å². The molecule has 1 aliphatic heterocycles. The van der Waals surface area contributed by atoms with Crippen LogP contribution in [0.15, 0.2) is 18.2 Å². The lowest BCUT2D eigenvalue weighted by atomic mass is 10.2. The summed E-state index contributed by atoms with van der Waals surface area (Å²) in [6.07, 6.45) is 0. The number of nitrogens with one attached hydrogen (secondary N) is 1.